The molecular weight excluding hydrogens is 364 g/mol. The van der Waals surface area contributed by atoms with Crippen LogP contribution in [0.25, 0.3) is 0 Å². The van der Waals surface area contributed by atoms with Gasteiger partial charge in [0.15, 0.2) is 0 Å². The number of hydrogen-bond donors (Lipinski definition) is 2. The molecule has 1 heterocycles. The summed E-state index contributed by atoms with van der Waals surface area (Å²) in [5.41, 5.74) is 1.47. The fourth-order valence-electron chi connectivity index (χ4n) is 2.91. The van der Waals surface area contributed by atoms with Crippen molar-refractivity contribution in [3.63, 3.8) is 0 Å². The maximum absolute atomic E-state index is 13.5. The van der Waals surface area contributed by atoms with Crippen molar-refractivity contribution >= 4 is 35.6 Å². The molecule has 2 aromatic rings. The number of piperazine rings is 1. The fourth-order valence-corrected chi connectivity index (χ4v) is 3.10. The van der Waals surface area contributed by atoms with Crippen molar-refractivity contribution < 1.29 is 9.18 Å². The van der Waals surface area contributed by atoms with Crippen molar-refractivity contribution in [2.75, 3.05) is 31.5 Å². The Bertz CT molecular complexity index is 729. The van der Waals surface area contributed by atoms with E-state index in [0.717, 1.165) is 18.7 Å². The summed E-state index contributed by atoms with van der Waals surface area (Å²) >= 11 is 6.07. The van der Waals surface area contributed by atoms with Gasteiger partial charge in [-0.25, -0.2) is 4.39 Å². The number of hydrogen-bond acceptors (Lipinski definition) is 3. The van der Waals surface area contributed by atoms with Gasteiger partial charge in [-0.1, -0.05) is 35.9 Å². The predicted octanol–water partition coefficient (Wildman–Crippen LogP) is 3.49. The van der Waals surface area contributed by atoms with Crippen molar-refractivity contribution in [1.82, 2.24) is 10.2 Å². The number of anilines is 1. The molecule has 1 amide bonds. The van der Waals surface area contributed by atoms with Crippen LogP contribution in [0.4, 0.5) is 10.1 Å². The van der Waals surface area contributed by atoms with Gasteiger partial charge in [0, 0.05) is 25.7 Å². The summed E-state index contributed by atoms with van der Waals surface area (Å²) < 4.78 is 13.5. The van der Waals surface area contributed by atoms with Gasteiger partial charge in [-0.15, -0.1) is 12.4 Å². The minimum absolute atomic E-state index is 0. The third-order valence-electron chi connectivity index (χ3n) is 4.08. The van der Waals surface area contributed by atoms with E-state index in [9.17, 15) is 9.18 Å². The Labute approximate surface area is 157 Å². The summed E-state index contributed by atoms with van der Waals surface area (Å²) in [5, 5.41) is 6.64. The number of amides is 1. The first-order valence-corrected chi connectivity index (χ1v) is 8.26. The Kier molecular flexibility index (Phi) is 7.20. The predicted molar refractivity (Wildman–Crippen MR) is 101 cm³/mol. The van der Waals surface area contributed by atoms with Crippen LogP contribution in [-0.2, 0) is 4.79 Å². The third-order valence-corrected chi connectivity index (χ3v) is 4.41. The molecule has 3 rings (SSSR count). The van der Waals surface area contributed by atoms with Gasteiger partial charge >= 0.3 is 0 Å². The zero-order valence-electron chi connectivity index (χ0n) is 13.5. The van der Waals surface area contributed by atoms with Crippen LogP contribution in [0.3, 0.4) is 0 Å². The quantitative estimate of drug-likeness (QED) is 0.849. The van der Waals surface area contributed by atoms with Crippen molar-refractivity contribution in [2.45, 2.75) is 6.04 Å². The first kappa shape index (κ1) is 19.7. The number of para-hydroxylation sites is 1. The molecule has 134 valence electrons. The van der Waals surface area contributed by atoms with Gasteiger partial charge in [0.2, 0.25) is 5.91 Å². The monoisotopic (exact) mass is 383 g/mol. The second kappa shape index (κ2) is 9.15. The smallest absolute Gasteiger partial charge is 0.238 e. The number of carbonyl (C=O) groups excluding carboxylic acids is 1. The highest BCUT2D eigenvalue weighted by Gasteiger charge is 2.25. The molecule has 0 saturated carbocycles. The van der Waals surface area contributed by atoms with E-state index >= 15 is 0 Å². The summed E-state index contributed by atoms with van der Waals surface area (Å²) in [6, 6.07) is 13.6. The zero-order chi connectivity index (χ0) is 16.9. The number of rotatable bonds is 4. The minimum atomic E-state index is -0.265. The maximum Gasteiger partial charge on any atom is 0.238 e. The van der Waals surface area contributed by atoms with Gasteiger partial charge in [0.05, 0.1) is 17.3 Å². The average Bonchev–Trinajstić information content (AvgIpc) is 2.57. The van der Waals surface area contributed by atoms with Crippen molar-refractivity contribution in [3.05, 3.63) is 64.9 Å². The van der Waals surface area contributed by atoms with E-state index in [1.807, 2.05) is 18.2 Å². The molecular formula is C18H20Cl2FN3O. The highest BCUT2D eigenvalue weighted by atomic mass is 35.5. The normalized spacial score (nSPS) is 17.6. The second-order valence-corrected chi connectivity index (χ2v) is 6.18. The van der Waals surface area contributed by atoms with E-state index in [0.29, 0.717) is 17.3 Å². The standard InChI is InChI=1S/C18H19ClFN3O.ClH/c19-15-6-1-2-7-16(15)22-18(24)12-23-9-8-21-11-17(23)13-4-3-5-14(20)10-13;/h1-7,10,17,21H,8-9,11-12H2,(H,22,24);1H. The van der Waals surface area contributed by atoms with Crippen molar-refractivity contribution in [2.24, 2.45) is 0 Å². The zero-order valence-corrected chi connectivity index (χ0v) is 15.1. The minimum Gasteiger partial charge on any atom is -0.324 e. The van der Waals surface area contributed by atoms with Crippen LogP contribution >= 0.6 is 24.0 Å². The highest BCUT2D eigenvalue weighted by Crippen LogP contribution is 2.24. The van der Waals surface area contributed by atoms with E-state index in [1.165, 1.54) is 12.1 Å². The van der Waals surface area contributed by atoms with Gasteiger partial charge in [-0.2, -0.15) is 0 Å². The lowest BCUT2D eigenvalue weighted by atomic mass is 10.0. The summed E-state index contributed by atoms with van der Waals surface area (Å²) in [6.45, 7) is 2.43. The molecule has 0 radical (unpaired) electrons. The van der Waals surface area contributed by atoms with Gasteiger partial charge < -0.3 is 10.6 Å². The molecule has 2 aromatic carbocycles. The third kappa shape index (κ3) is 5.16. The van der Waals surface area contributed by atoms with E-state index < -0.39 is 0 Å². The fraction of sp³-hybridized carbons (Fsp3) is 0.278. The molecule has 0 aliphatic carbocycles. The second-order valence-electron chi connectivity index (χ2n) is 5.77. The number of nitrogens with zero attached hydrogens (tertiary/aromatic N) is 1. The van der Waals surface area contributed by atoms with Crippen LogP contribution in [-0.4, -0.2) is 37.0 Å². The molecule has 0 bridgehead atoms. The molecule has 25 heavy (non-hydrogen) atoms. The Morgan fingerprint density at radius 3 is 2.84 bits per heavy atom. The van der Waals surface area contributed by atoms with Crippen LogP contribution in [0.15, 0.2) is 48.5 Å². The van der Waals surface area contributed by atoms with Gasteiger partial charge in [-0.05, 0) is 29.8 Å². The molecule has 7 heteroatoms. The van der Waals surface area contributed by atoms with Crippen LogP contribution in [0.5, 0.6) is 0 Å². The summed E-state index contributed by atoms with van der Waals surface area (Å²) in [4.78, 5) is 14.4. The molecule has 1 aliphatic heterocycles. The first-order valence-electron chi connectivity index (χ1n) is 7.88. The van der Waals surface area contributed by atoms with Crippen LogP contribution in [0, 0.1) is 5.82 Å². The van der Waals surface area contributed by atoms with E-state index in [1.54, 1.807) is 18.2 Å². The van der Waals surface area contributed by atoms with Crippen molar-refractivity contribution in [1.29, 1.82) is 0 Å². The van der Waals surface area contributed by atoms with Crippen molar-refractivity contribution in [3.8, 4) is 0 Å². The first-order chi connectivity index (χ1) is 11.6. The van der Waals surface area contributed by atoms with Crippen LogP contribution < -0.4 is 10.6 Å². The SMILES string of the molecule is Cl.O=C(CN1CCNCC1c1cccc(F)c1)Nc1ccccc1Cl. The lowest BCUT2D eigenvalue weighted by Gasteiger charge is -2.36. The maximum atomic E-state index is 13.5. The largest absolute Gasteiger partial charge is 0.324 e. The Morgan fingerprint density at radius 1 is 1.28 bits per heavy atom. The summed E-state index contributed by atoms with van der Waals surface area (Å²) in [7, 11) is 0. The molecule has 1 unspecified atom stereocenters. The van der Waals surface area contributed by atoms with E-state index in [2.05, 4.69) is 15.5 Å². The number of carbonyl (C=O) groups is 1. The average molecular weight is 384 g/mol. The Balaban J connectivity index is 0.00000225. The molecule has 1 atom stereocenters. The lowest BCUT2D eigenvalue weighted by Crippen LogP contribution is -2.48. The van der Waals surface area contributed by atoms with Gasteiger partial charge in [0.25, 0.3) is 0 Å². The molecule has 2 N–H and O–H groups in total. The Morgan fingerprint density at radius 2 is 2.08 bits per heavy atom. The van der Waals surface area contributed by atoms with E-state index in [4.69, 9.17) is 11.6 Å². The summed E-state index contributed by atoms with van der Waals surface area (Å²) in [6.07, 6.45) is 0. The molecule has 1 saturated heterocycles. The molecule has 1 fully saturated rings. The number of halogens is 3. The molecule has 1 aliphatic rings. The number of nitrogens with one attached hydrogen (secondary N) is 2. The highest BCUT2D eigenvalue weighted by molar-refractivity contribution is 6.33. The van der Waals surface area contributed by atoms with E-state index in [-0.39, 0.29) is 36.7 Å². The molecule has 4 nitrogen and oxygen atoms in total. The van der Waals surface area contributed by atoms with Gasteiger partial charge in [-0.3, -0.25) is 9.69 Å². The van der Waals surface area contributed by atoms with Crippen LogP contribution in [0.2, 0.25) is 5.02 Å². The molecule has 0 spiro atoms. The Hall–Kier alpha value is -1.66. The van der Waals surface area contributed by atoms with Gasteiger partial charge in [0.1, 0.15) is 5.82 Å². The summed E-state index contributed by atoms with van der Waals surface area (Å²) in [5.74, 6) is -0.398. The molecule has 0 aromatic heterocycles. The topological polar surface area (TPSA) is 44.4 Å². The van der Waals surface area contributed by atoms with Crippen LogP contribution in [0.1, 0.15) is 11.6 Å². The lowest BCUT2D eigenvalue weighted by molar-refractivity contribution is -0.118. The number of benzene rings is 2.